The number of halogens is 1. The van der Waals surface area contributed by atoms with Gasteiger partial charge in [0.2, 0.25) is 5.91 Å². The van der Waals surface area contributed by atoms with Crippen LogP contribution in [0.4, 0.5) is 0 Å². The Morgan fingerprint density at radius 3 is 2.50 bits per heavy atom. The van der Waals surface area contributed by atoms with Gasteiger partial charge in [-0.1, -0.05) is 13.0 Å². The van der Waals surface area contributed by atoms with Gasteiger partial charge in [-0.25, -0.2) is 0 Å². The maximum absolute atomic E-state index is 12.1. The molecule has 0 aromatic heterocycles. The summed E-state index contributed by atoms with van der Waals surface area (Å²) in [5.41, 5.74) is 6.56. The molecular weight excluding hydrogens is 280 g/mol. The molecule has 1 aromatic carbocycles. The van der Waals surface area contributed by atoms with Gasteiger partial charge in [-0.2, -0.15) is 0 Å². The Hall–Kier alpha value is -1.46. The van der Waals surface area contributed by atoms with Gasteiger partial charge in [0, 0.05) is 19.6 Å². The van der Waals surface area contributed by atoms with Crippen LogP contribution in [0.3, 0.4) is 0 Å². The first-order valence-electron chi connectivity index (χ1n) is 6.23. The van der Waals surface area contributed by atoms with Crippen LogP contribution >= 0.6 is 12.4 Å². The van der Waals surface area contributed by atoms with E-state index in [4.69, 9.17) is 10.5 Å². The Morgan fingerprint density at radius 1 is 1.45 bits per heavy atom. The maximum Gasteiger partial charge on any atom is 0.226 e. The molecule has 0 aliphatic carbocycles. The van der Waals surface area contributed by atoms with Crippen LogP contribution in [0.5, 0.6) is 11.5 Å². The predicted octanol–water partition coefficient (Wildman–Crippen LogP) is 1.76. The fourth-order valence-electron chi connectivity index (χ4n) is 1.76. The van der Waals surface area contributed by atoms with Crippen LogP contribution in [-0.4, -0.2) is 36.1 Å². The number of nitrogens with zero attached hydrogens (tertiary/aromatic N) is 1. The van der Waals surface area contributed by atoms with Crippen molar-refractivity contribution in [2.45, 2.75) is 26.4 Å². The number of methoxy groups -OCH3 is 1. The third kappa shape index (κ3) is 4.58. The van der Waals surface area contributed by atoms with E-state index in [0.29, 0.717) is 12.3 Å². The lowest BCUT2D eigenvalue weighted by molar-refractivity contribution is -0.134. The van der Waals surface area contributed by atoms with Crippen molar-refractivity contribution < 1.29 is 14.6 Å². The van der Waals surface area contributed by atoms with Crippen molar-refractivity contribution in [3.63, 3.8) is 0 Å². The zero-order chi connectivity index (χ0) is 14.6. The van der Waals surface area contributed by atoms with Gasteiger partial charge in [-0.3, -0.25) is 4.79 Å². The van der Waals surface area contributed by atoms with E-state index in [9.17, 15) is 9.90 Å². The molecule has 0 radical (unpaired) electrons. The van der Waals surface area contributed by atoms with Gasteiger partial charge < -0.3 is 20.5 Å². The molecule has 2 atom stereocenters. The van der Waals surface area contributed by atoms with Crippen LogP contribution in [0.25, 0.3) is 0 Å². The summed E-state index contributed by atoms with van der Waals surface area (Å²) in [6.07, 6.45) is 0. The van der Waals surface area contributed by atoms with Crippen LogP contribution in [-0.2, 0) is 11.3 Å². The fourth-order valence-corrected chi connectivity index (χ4v) is 1.76. The molecule has 0 saturated carbocycles. The molecule has 0 heterocycles. The monoisotopic (exact) mass is 302 g/mol. The predicted molar refractivity (Wildman–Crippen MR) is 81.2 cm³/mol. The minimum atomic E-state index is -0.225. The van der Waals surface area contributed by atoms with E-state index < -0.39 is 0 Å². The number of amides is 1. The molecular formula is C14H23ClN2O3. The van der Waals surface area contributed by atoms with Crippen molar-refractivity contribution in [1.82, 2.24) is 4.90 Å². The number of ether oxygens (including phenoxy) is 1. The zero-order valence-corrected chi connectivity index (χ0v) is 13.1. The summed E-state index contributed by atoms with van der Waals surface area (Å²) < 4.78 is 4.98. The van der Waals surface area contributed by atoms with Crippen molar-refractivity contribution in [3.05, 3.63) is 23.8 Å². The van der Waals surface area contributed by atoms with E-state index in [-0.39, 0.29) is 36.0 Å². The first-order chi connectivity index (χ1) is 8.86. The van der Waals surface area contributed by atoms with E-state index in [2.05, 4.69) is 0 Å². The molecule has 114 valence electrons. The first kappa shape index (κ1) is 18.5. The Bertz CT molecular complexity index is 452. The molecule has 0 fully saturated rings. The molecule has 0 bridgehead atoms. The highest BCUT2D eigenvalue weighted by Crippen LogP contribution is 2.26. The number of hydrogen-bond acceptors (Lipinski definition) is 4. The fraction of sp³-hybridized carbons (Fsp3) is 0.500. The number of carbonyl (C=O) groups excluding carboxylic acids is 1. The molecule has 1 rings (SSSR count). The average Bonchev–Trinajstić information content (AvgIpc) is 2.37. The number of phenolic OH excluding ortho intramolecular Hbond substituents is 1. The van der Waals surface area contributed by atoms with Crippen LogP contribution in [0.1, 0.15) is 19.4 Å². The Morgan fingerprint density at radius 2 is 2.05 bits per heavy atom. The Balaban J connectivity index is 0.00000361. The van der Waals surface area contributed by atoms with E-state index in [1.54, 1.807) is 24.1 Å². The van der Waals surface area contributed by atoms with Gasteiger partial charge in [-0.05, 0) is 24.6 Å². The van der Waals surface area contributed by atoms with Gasteiger partial charge >= 0.3 is 0 Å². The quantitative estimate of drug-likeness (QED) is 0.869. The van der Waals surface area contributed by atoms with E-state index in [1.165, 1.54) is 7.11 Å². The highest BCUT2D eigenvalue weighted by Gasteiger charge is 2.21. The molecule has 6 heteroatoms. The smallest absolute Gasteiger partial charge is 0.226 e. The number of aromatic hydroxyl groups is 1. The standard InChI is InChI=1S/C14H22N2O3.ClH/c1-9(10(2)15)14(18)16(3)8-11-5-6-13(19-4)12(17)7-11;/h5-7,9-10,17H,8,15H2,1-4H3;1H. The van der Waals surface area contributed by atoms with Gasteiger partial charge in [0.05, 0.1) is 13.0 Å². The lowest BCUT2D eigenvalue weighted by Gasteiger charge is -2.23. The third-order valence-electron chi connectivity index (χ3n) is 3.22. The molecule has 1 aromatic rings. The summed E-state index contributed by atoms with van der Waals surface area (Å²) in [5, 5.41) is 9.69. The molecule has 20 heavy (non-hydrogen) atoms. The van der Waals surface area contributed by atoms with Gasteiger partial charge in [0.1, 0.15) is 0 Å². The Kier molecular flexibility index (Phi) is 7.39. The first-order valence-corrected chi connectivity index (χ1v) is 6.23. The highest BCUT2D eigenvalue weighted by atomic mass is 35.5. The minimum Gasteiger partial charge on any atom is -0.504 e. The normalized spacial score (nSPS) is 13.1. The topological polar surface area (TPSA) is 75.8 Å². The largest absolute Gasteiger partial charge is 0.504 e. The molecule has 0 saturated heterocycles. The summed E-state index contributed by atoms with van der Waals surface area (Å²) >= 11 is 0. The van der Waals surface area contributed by atoms with Crippen LogP contribution in [0, 0.1) is 5.92 Å². The number of rotatable bonds is 5. The number of phenols is 1. The second-order valence-corrected chi connectivity index (χ2v) is 4.85. The van der Waals surface area contributed by atoms with Gasteiger partial charge in [0.25, 0.3) is 0 Å². The minimum absolute atomic E-state index is 0. The zero-order valence-electron chi connectivity index (χ0n) is 12.3. The molecule has 3 N–H and O–H groups in total. The second kappa shape index (κ2) is 7.97. The van der Waals surface area contributed by atoms with Crippen LogP contribution in [0.2, 0.25) is 0 Å². The van der Waals surface area contributed by atoms with Gasteiger partial charge in [0.15, 0.2) is 11.5 Å². The number of hydrogen-bond donors (Lipinski definition) is 2. The second-order valence-electron chi connectivity index (χ2n) is 4.85. The van der Waals surface area contributed by atoms with Crippen LogP contribution < -0.4 is 10.5 Å². The molecule has 2 unspecified atom stereocenters. The van der Waals surface area contributed by atoms with Crippen molar-refractivity contribution in [2.75, 3.05) is 14.2 Å². The van der Waals surface area contributed by atoms with Crippen LogP contribution in [0.15, 0.2) is 18.2 Å². The summed E-state index contributed by atoms with van der Waals surface area (Å²) in [6, 6.07) is 4.91. The van der Waals surface area contributed by atoms with E-state index >= 15 is 0 Å². The number of carbonyl (C=O) groups is 1. The summed E-state index contributed by atoms with van der Waals surface area (Å²) in [7, 11) is 3.22. The average molecular weight is 303 g/mol. The molecule has 0 spiro atoms. The van der Waals surface area contributed by atoms with Crippen molar-refractivity contribution in [3.8, 4) is 11.5 Å². The summed E-state index contributed by atoms with van der Waals surface area (Å²) in [4.78, 5) is 13.7. The Labute approximate surface area is 126 Å². The van der Waals surface area contributed by atoms with Crippen molar-refractivity contribution in [2.24, 2.45) is 11.7 Å². The number of benzene rings is 1. The summed E-state index contributed by atoms with van der Waals surface area (Å²) in [6.45, 7) is 4.05. The number of nitrogens with two attached hydrogens (primary N) is 1. The molecule has 0 aliphatic heterocycles. The third-order valence-corrected chi connectivity index (χ3v) is 3.22. The van der Waals surface area contributed by atoms with E-state index in [1.807, 2.05) is 19.9 Å². The SMILES string of the molecule is COc1ccc(CN(C)C(=O)C(C)C(C)N)cc1O.Cl. The maximum atomic E-state index is 12.1. The van der Waals surface area contributed by atoms with Crippen molar-refractivity contribution in [1.29, 1.82) is 0 Å². The molecule has 0 aliphatic rings. The van der Waals surface area contributed by atoms with Gasteiger partial charge in [-0.15, -0.1) is 12.4 Å². The lowest BCUT2D eigenvalue weighted by atomic mass is 10.0. The lowest BCUT2D eigenvalue weighted by Crippen LogP contribution is -2.39. The molecule has 5 nitrogen and oxygen atoms in total. The summed E-state index contributed by atoms with van der Waals surface area (Å²) in [5.74, 6) is 0.255. The van der Waals surface area contributed by atoms with Crippen molar-refractivity contribution >= 4 is 18.3 Å². The highest BCUT2D eigenvalue weighted by molar-refractivity contribution is 5.85. The molecule has 1 amide bonds. The van der Waals surface area contributed by atoms with E-state index in [0.717, 1.165) is 5.56 Å².